The molecule has 1 amide bonds. The molecule has 0 saturated heterocycles. The van der Waals surface area contributed by atoms with Gasteiger partial charge < -0.3 is 5.73 Å². The van der Waals surface area contributed by atoms with Crippen molar-refractivity contribution in [2.24, 2.45) is 5.73 Å². The van der Waals surface area contributed by atoms with Crippen LogP contribution < -0.4 is 5.73 Å². The average Bonchev–Trinajstić information content (AvgIpc) is 3.08. The number of primary amides is 1. The fourth-order valence-corrected chi connectivity index (χ4v) is 3.30. The Morgan fingerprint density at radius 2 is 2.11 bits per heavy atom. The van der Waals surface area contributed by atoms with Crippen molar-refractivity contribution in [3.05, 3.63) is 38.7 Å². The lowest BCUT2D eigenvalue weighted by Gasteiger charge is -2.11. The zero-order chi connectivity index (χ0) is 12.9. The van der Waals surface area contributed by atoms with Gasteiger partial charge in [0.15, 0.2) is 0 Å². The van der Waals surface area contributed by atoms with E-state index >= 15 is 0 Å². The van der Waals surface area contributed by atoms with Gasteiger partial charge in [-0.25, -0.2) is 0 Å². The van der Waals surface area contributed by atoms with Crippen LogP contribution in [0.4, 0.5) is 0 Å². The van der Waals surface area contributed by atoms with E-state index in [4.69, 9.17) is 17.3 Å². The van der Waals surface area contributed by atoms with Crippen LogP contribution >= 0.6 is 34.2 Å². The SMILES string of the molecule is NC(=O)C1(c2cc3cc(I)cc(Cl)c3cn2)CC1. The van der Waals surface area contributed by atoms with Crippen molar-refractivity contribution in [1.29, 1.82) is 0 Å². The third-order valence-electron chi connectivity index (χ3n) is 3.46. The number of carbonyl (C=O) groups is 1. The lowest BCUT2D eigenvalue weighted by Crippen LogP contribution is -2.29. The Balaban J connectivity index is 2.20. The van der Waals surface area contributed by atoms with Gasteiger partial charge in [-0.2, -0.15) is 0 Å². The summed E-state index contributed by atoms with van der Waals surface area (Å²) in [6.07, 6.45) is 3.31. The number of amides is 1. The van der Waals surface area contributed by atoms with Crippen LogP contribution in [0.5, 0.6) is 0 Å². The molecule has 0 radical (unpaired) electrons. The molecular weight excluding hydrogens is 363 g/mol. The standard InChI is InChI=1S/C13H10ClIN2O/c14-10-5-8(15)3-7-4-11(17-6-9(7)10)13(1-2-13)12(16)18/h3-6H,1-2H2,(H2,16,18). The van der Waals surface area contributed by atoms with Gasteiger partial charge in [0, 0.05) is 15.2 Å². The summed E-state index contributed by atoms with van der Waals surface area (Å²) >= 11 is 8.39. The highest BCUT2D eigenvalue weighted by atomic mass is 127. The zero-order valence-electron chi connectivity index (χ0n) is 9.41. The molecule has 1 aliphatic carbocycles. The van der Waals surface area contributed by atoms with Crippen LogP contribution in [0, 0.1) is 3.57 Å². The number of halogens is 2. The largest absolute Gasteiger partial charge is 0.369 e. The molecule has 2 aromatic rings. The van der Waals surface area contributed by atoms with E-state index in [-0.39, 0.29) is 5.91 Å². The van der Waals surface area contributed by atoms with Crippen LogP contribution in [0.15, 0.2) is 24.4 Å². The lowest BCUT2D eigenvalue weighted by atomic mass is 9.99. The van der Waals surface area contributed by atoms with Gasteiger partial charge in [-0.1, -0.05) is 11.6 Å². The normalized spacial score (nSPS) is 16.8. The molecule has 0 aliphatic heterocycles. The Hall–Kier alpha value is -0.880. The van der Waals surface area contributed by atoms with E-state index < -0.39 is 5.41 Å². The van der Waals surface area contributed by atoms with E-state index in [1.165, 1.54) is 0 Å². The molecule has 1 aromatic heterocycles. The fraction of sp³-hybridized carbons (Fsp3) is 0.231. The number of rotatable bonds is 2. The van der Waals surface area contributed by atoms with Crippen molar-refractivity contribution in [2.75, 3.05) is 0 Å². The number of nitrogens with two attached hydrogens (primary N) is 1. The van der Waals surface area contributed by atoms with Crippen molar-refractivity contribution < 1.29 is 4.79 Å². The van der Waals surface area contributed by atoms with Crippen molar-refractivity contribution in [1.82, 2.24) is 4.98 Å². The van der Waals surface area contributed by atoms with Gasteiger partial charge in [-0.15, -0.1) is 0 Å². The van der Waals surface area contributed by atoms with E-state index in [2.05, 4.69) is 27.6 Å². The summed E-state index contributed by atoms with van der Waals surface area (Å²) in [5.41, 5.74) is 5.69. The van der Waals surface area contributed by atoms with E-state index in [1.54, 1.807) is 6.20 Å². The third-order valence-corrected chi connectivity index (χ3v) is 4.40. The summed E-state index contributed by atoms with van der Waals surface area (Å²) in [7, 11) is 0. The second-order valence-electron chi connectivity index (χ2n) is 4.62. The summed E-state index contributed by atoms with van der Waals surface area (Å²) in [4.78, 5) is 15.9. The highest BCUT2D eigenvalue weighted by molar-refractivity contribution is 14.1. The highest BCUT2D eigenvalue weighted by Gasteiger charge is 2.51. The molecule has 5 heteroatoms. The summed E-state index contributed by atoms with van der Waals surface area (Å²) in [6.45, 7) is 0. The van der Waals surface area contributed by atoms with Gasteiger partial charge in [0.05, 0.1) is 16.1 Å². The third kappa shape index (κ3) is 1.78. The molecule has 3 nitrogen and oxygen atoms in total. The van der Waals surface area contributed by atoms with Crippen molar-refractivity contribution in [3.8, 4) is 0 Å². The quantitative estimate of drug-likeness (QED) is 0.824. The Morgan fingerprint density at radius 3 is 2.72 bits per heavy atom. The predicted octanol–water partition coefficient (Wildman–Crippen LogP) is 3.01. The van der Waals surface area contributed by atoms with E-state index in [0.29, 0.717) is 5.02 Å². The molecule has 0 unspecified atom stereocenters. The van der Waals surface area contributed by atoms with Crippen LogP contribution in [0.3, 0.4) is 0 Å². The number of nitrogens with zero attached hydrogens (tertiary/aromatic N) is 1. The maximum atomic E-state index is 11.5. The van der Waals surface area contributed by atoms with E-state index in [9.17, 15) is 4.79 Å². The zero-order valence-corrected chi connectivity index (χ0v) is 12.3. The number of aromatic nitrogens is 1. The molecule has 2 N–H and O–H groups in total. The van der Waals surface area contributed by atoms with E-state index in [0.717, 1.165) is 32.9 Å². The summed E-state index contributed by atoms with van der Waals surface area (Å²) in [5.74, 6) is -0.286. The van der Waals surface area contributed by atoms with Crippen molar-refractivity contribution in [2.45, 2.75) is 18.3 Å². The van der Waals surface area contributed by atoms with Gasteiger partial charge in [0.25, 0.3) is 0 Å². The number of carbonyl (C=O) groups excluding carboxylic acids is 1. The molecule has 3 rings (SSSR count). The van der Waals surface area contributed by atoms with Crippen LogP contribution in [0.2, 0.25) is 5.02 Å². The highest BCUT2D eigenvalue weighted by Crippen LogP contribution is 2.47. The first-order valence-electron chi connectivity index (χ1n) is 5.58. The summed E-state index contributed by atoms with van der Waals surface area (Å²) < 4.78 is 1.06. The molecule has 0 spiro atoms. The number of benzene rings is 1. The van der Waals surface area contributed by atoms with Gasteiger partial charge in [0.2, 0.25) is 5.91 Å². The molecule has 0 atom stereocenters. The van der Waals surface area contributed by atoms with Gasteiger partial charge >= 0.3 is 0 Å². The smallest absolute Gasteiger partial charge is 0.229 e. The van der Waals surface area contributed by atoms with E-state index in [1.807, 2.05) is 18.2 Å². The monoisotopic (exact) mass is 372 g/mol. The first-order valence-corrected chi connectivity index (χ1v) is 7.04. The topological polar surface area (TPSA) is 56.0 Å². The number of pyridine rings is 1. The molecule has 1 aliphatic rings. The van der Waals surface area contributed by atoms with Crippen molar-refractivity contribution >= 4 is 50.9 Å². The average molecular weight is 373 g/mol. The van der Waals surface area contributed by atoms with Gasteiger partial charge in [0.1, 0.15) is 0 Å². The summed E-state index contributed by atoms with van der Waals surface area (Å²) in [5, 5.41) is 2.59. The minimum Gasteiger partial charge on any atom is -0.369 e. The Kier molecular flexibility index (Phi) is 2.75. The van der Waals surface area contributed by atoms with Crippen LogP contribution in [0.1, 0.15) is 18.5 Å². The first kappa shape index (κ1) is 12.2. The molecular formula is C13H10ClIN2O. The Morgan fingerprint density at radius 1 is 1.39 bits per heavy atom. The molecule has 18 heavy (non-hydrogen) atoms. The molecule has 1 saturated carbocycles. The van der Waals surface area contributed by atoms with Gasteiger partial charge in [-0.05, 0) is 59.0 Å². The second kappa shape index (κ2) is 4.06. The minimum absolute atomic E-state index is 0.286. The molecule has 1 aromatic carbocycles. The minimum atomic E-state index is -0.540. The maximum Gasteiger partial charge on any atom is 0.229 e. The molecule has 92 valence electrons. The summed E-state index contributed by atoms with van der Waals surface area (Å²) in [6, 6.07) is 5.86. The number of hydrogen-bond donors (Lipinski definition) is 1. The van der Waals surface area contributed by atoms with Crippen LogP contribution in [0.25, 0.3) is 10.8 Å². The second-order valence-corrected chi connectivity index (χ2v) is 6.28. The fourth-order valence-electron chi connectivity index (χ4n) is 2.19. The lowest BCUT2D eigenvalue weighted by molar-refractivity contribution is -0.120. The Labute approximate surface area is 123 Å². The molecule has 0 bridgehead atoms. The predicted molar refractivity (Wildman–Crippen MR) is 79.6 cm³/mol. The maximum absolute atomic E-state index is 11.5. The number of hydrogen-bond acceptors (Lipinski definition) is 2. The van der Waals surface area contributed by atoms with Crippen molar-refractivity contribution in [3.63, 3.8) is 0 Å². The molecule has 1 heterocycles. The Bertz CT molecular complexity index is 667. The first-order chi connectivity index (χ1) is 8.53. The van der Waals surface area contributed by atoms with Crippen LogP contribution in [-0.4, -0.2) is 10.9 Å². The molecule has 1 fully saturated rings. The van der Waals surface area contributed by atoms with Gasteiger partial charge in [-0.3, -0.25) is 9.78 Å². The van der Waals surface area contributed by atoms with Crippen LogP contribution in [-0.2, 0) is 10.2 Å². The number of fused-ring (bicyclic) bond motifs is 1.